The molecule has 1 nitrogen and oxygen atoms in total. The van der Waals surface area contributed by atoms with Gasteiger partial charge in [0, 0.05) is 10.5 Å². The molecule has 0 aliphatic carbocycles. The summed E-state index contributed by atoms with van der Waals surface area (Å²) < 4.78 is 13.8. The lowest BCUT2D eigenvalue weighted by molar-refractivity contribution is 0.622. The van der Waals surface area contributed by atoms with Gasteiger partial charge in [-0.2, -0.15) is 0 Å². The molecule has 0 spiro atoms. The molecule has 2 aromatic carbocycles. The number of nitrogens with two attached hydrogens (primary N) is 1. The van der Waals surface area contributed by atoms with E-state index in [1.807, 2.05) is 30.3 Å². The van der Waals surface area contributed by atoms with Gasteiger partial charge in [0.05, 0.1) is 0 Å². The highest BCUT2D eigenvalue weighted by atomic mass is 79.9. The molecule has 0 saturated carbocycles. The lowest BCUT2D eigenvalue weighted by Crippen LogP contribution is -2.11. The maximum atomic E-state index is 13.0. The second-order valence-electron chi connectivity index (χ2n) is 4.29. The standard InChI is InChI=1S/C15H15BrFN/c16-14-10-13(17)8-6-11(14)7-9-15(18)12-4-2-1-3-5-12/h1-6,8,10,15H,7,9,18H2. The molecule has 1 atom stereocenters. The average molecular weight is 308 g/mol. The van der Waals surface area contributed by atoms with Crippen molar-refractivity contribution < 1.29 is 4.39 Å². The maximum absolute atomic E-state index is 13.0. The van der Waals surface area contributed by atoms with E-state index in [2.05, 4.69) is 15.9 Å². The van der Waals surface area contributed by atoms with Crippen LogP contribution < -0.4 is 5.73 Å². The van der Waals surface area contributed by atoms with E-state index in [1.165, 1.54) is 12.1 Å². The Morgan fingerprint density at radius 3 is 2.50 bits per heavy atom. The Morgan fingerprint density at radius 1 is 1.11 bits per heavy atom. The third-order valence-electron chi connectivity index (χ3n) is 2.97. The van der Waals surface area contributed by atoms with Gasteiger partial charge in [0.2, 0.25) is 0 Å². The first-order chi connectivity index (χ1) is 8.66. The average Bonchev–Trinajstić information content (AvgIpc) is 2.38. The van der Waals surface area contributed by atoms with E-state index < -0.39 is 0 Å². The van der Waals surface area contributed by atoms with Crippen LogP contribution in [0.4, 0.5) is 4.39 Å². The molecule has 0 radical (unpaired) electrons. The molecule has 0 fully saturated rings. The molecule has 94 valence electrons. The fraction of sp³-hybridized carbons (Fsp3) is 0.200. The Kier molecular flexibility index (Phi) is 4.50. The van der Waals surface area contributed by atoms with Crippen molar-refractivity contribution in [1.29, 1.82) is 0 Å². The van der Waals surface area contributed by atoms with Gasteiger partial charge in [0.1, 0.15) is 5.82 Å². The molecule has 3 heteroatoms. The summed E-state index contributed by atoms with van der Waals surface area (Å²) in [6.07, 6.45) is 1.67. The zero-order valence-corrected chi connectivity index (χ0v) is 11.5. The van der Waals surface area contributed by atoms with Crippen molar-refractivity contribution >= 4 is 15.9 Å². The first-order valence-electron chi connectivity index (χ1n) is 5.91. The predicted octanol–water partition coefficient (Wildman–Crippen LogP) is 4.22. The highest BCUT2D eigenvalue weighted by Gasteiger charge is 2.07. The lowest BCUT2D eigenvalue weighted by atomic mass is 10.00. The Morgan fingerprint density at radius 2 is 1.83 bits per heavy atom. The number of hydrogen-bond acceptors (Lipinski definition) is 1. The summed E-state index contributed by atoms with van der Waals surface area (Å²) in [6, 6.07) is 14.8. The SMILES string of the molecule is NC(CCc1ccc(F)cc1Br)c1ccccc1. The van der Waals surface area contributed by atoms with Crippen LogP contribution >= 0.6 is 15.9 Å². The molecule has 0 saturated heterocycles. The van der Waals surface area contributed by atoms with Crippen LogP contribution in [0, 0.1) is 5.82 Å². The monoisotopic (exact) mass is 307 g/mol. The fourth-order valence-electron chi connectivity index (χ4n) is 1.90. The van der Waals surface area contributed by atoms with Crippen LogP contribution in [0.1, 0.15) is 23.6 Å². The summed E-state index contributed by atoms with van der Waals surface area (Å²) in [6.45, 7) is 0. The van der Waals surface area contributed by atoms with Crippen LogP contribution in [0.15, 0.2) is 53.0 Å². The van der Waals surface area contributed by atoms with E-state index >= 15 is 0 Å². The van der Waals surface area contributed by atoms with Gasteiger partial charge in [-0.15, -0.1) is 0 Å². The fourth-order valence-corrected chi connectivity index (χ4v) is 2.45. The molecular weight excluding hydrogens is 293 g/mol. The molecule has 2 aromatic rings. The van der Waals surface area contributed by atoms with Crippen molar-refractivity contribution in [3.8, 4) is 0 Å². The Bertz CT molecular complexity index is 513. The highest BCUT2D eigenvalue weighted by molar-refractivity contribution is 9.10. The van der Waals surface area contributed by atoms with Gasteiger partial charge < -0.3 is 5.73 Å². The summed E-state index contributed by atoms with van der Waals surface area (Å²) in [7, 11) is 0. The molecule has 2 rings (SSSR count). The smallest absolute Gasteiger partial charge is 0.124 e. The van der Waals surface area contributed by atoms with Gasteiger partial charge in [-0.05, 0) is 36.1 Å². The van der Waals surface area contributed by atoms with E-state index in [0.717, 1.165) is 28.4 Å². The normalized spacial score (nSPS) is 12.4. The van der Waals surface area contributed by atoms with Crippen LogP contribution in [-0.4, -0.2) is 0 Å². The van der Waals surface area contributed by atoms with Gasteiger partial charge in [-0.25, -0.2) is 4.39 Å². The van der Waals surface area contributed by atoms with Crippen LogP contribution in [-0.2, 0) is 6.42 Å². The molecule has 0 aromatic heterocycles. The zero-order chi connectivity index (χ0) is 13.0. The highest BCUT2D eigenvalue weighted by Crippen LogP contribution is 2.22. The van der Waals surface area contributed by atoms with Gasteiger partial charge in [-0.3, -0.25) is 0 Å². The van der Waals surface area contributed by atoms with Crippen LogP contribution in [0.5, 0.6) is 0 Å². The quantitative estimate of drug-likeness (QED) is 0.899. The first-order valence-corrected chi connectivity index (χ1v) is 6.70. The summed E-state index contributed by atoms with van der Waals surface area (Å²) >= 11 is 3.37. The third kappa shape index (κ3) is 3.40. The maximum Gasteiger partial charge on any atom is 0.124 e. The van der Waals surface area contributed by atoms with E-state index in [1.54, 1.807) is 6.07 Å². The van der Waals surface area contributed by atoms with E-state index in [9.17, 15) is 4.39 Å². The molecule has 0 bridgehead atoms. The number of benzene rings is 2. The predicted molar refractivity (Wildman–Crippen MR) is 75.8 cm³/mol. The number of halogens is 2. The number of aryl methyl sites for hydroxylation is 1. The minimum Gasteiger partial charge on any atom is -0.324 e. The Balaban J connectivity index is 1.99. The van der Waals surface area contributed by atoms with Crippen LogP contribution in [0.3, 0.4) is 0 Å². The summed E-state index contributed by atoms with van der Waals surface area (Å²) in [4.78, 5) is 0. The minimum atomic E-state index is -0.224. The molecule has 1 unspecified atom stereocenters. The third-order valence-corrected chi connectivity index (χ3v) is 3.71. The van der Waals surface area contributed by atoms with E-state index in [-0.39, 0.29) is 11.9 Å². The lowest BCUT2D eigenvalue weighted by Gasteiger charge is -2.12. The molecule has 0 amide bonds. The van der Waals surface area contributed by atoms with E-state index in [4.69, 9.17) is 5.73 Å². The molecule has 0 aliphatic heterocycles. The topological polar surface area (TPSA) is 26.0 Å². The van der Waals surface area contributed by atoms with Crippen molar-refractivity contribution in [3.05, 3.63) is 69.9 Å². The summed E-state index contributed by atoms with van der Waals surface area (Å²) in [5.41, 5.74) is 8.35. The minimum absolute atomic E-state index is 0.0168. The first kappa shape index (κ1) is 13.2. The Hall–Kier alpha value is -1.19. The Labute approximate surface area is 115 Å². The summed E-state index contributed by atoms with van der Waals surface area (Å²) in [5.74, 6) is -0.224. The number of hydrogen-bond donors (Lipinski definition) is 1. The molecule has 0 aliphatic rings. The second-order valence-corrected chi connectivity index (χ2v) is 5.15. The number of rotatable bonds is 4. The summed E-state index contributed by atoms with van der Waals surface area (Å²) in [5, 5.41) is 0. The van der Waals surface area contributed by atoms with Crippen molar-refractivity contribution in [2.24, 2.45) is 5.73 Å². The van der Waals surface area contributed by atoms with Crippen LogP contribution in [0.2, 0.25) is 0 Å². The van der Waals surface area contributed by atoms with Crippen molar-refractivity contribution in [1.82, 2.24) is 0 Å². The van der Waals surface area contributed by atoms with Gasteiger partial charge in [0.25, 0.3) is 0 Å². The van der Waals surface area contributed by atoms with Crippen molar-refractivity contribution in [2.45, 2.75) is 18.9 Å². The zero-order valence-electron chi connectivity index (χ0n) is 9.94. The van der Waals surface area contributed by atoms with Crippen LogP contribution in [0.25, 0.3) is 0 Å². The largest absolute Gasteiger partial charge is 0.324 e. The second kappa shape index (κ2) is 6.12. The molecular formula is C15H15BrFN. The van der Waals surface area contributed by atoms with Gasteiger partial charge >= 0.3 is 0 Å². The van der Waals surface area contributed by atoms with Gasteiger partial charge in [-0.1, -0.05) is 52.3 Å². The molecule has 2 N–H and O–H groups in total. The van der Waals surface area contributed by atoms with Crippen molar-refractivity contribution in [3.63, 3.8) is 0 Å². The molecule has 18 heavy (non-hydrogen) atoms. The van der Waals surface area contributed by atoms with Gasteiger partial charge in [0.15, 0.2) is 0 Å². The van der Waals surface area contributed by atoms with Crippen molar-refractivity contribution in [2.75, 3.05) is 0 Å². The molecule has 0 heterocycles. The van der Waals surface area contributed by atoms with E-state index in [0.29, 0.717) is 0 Å².